The number of hydrogen-bond acceptors (Lipinski definition) is 6. The number of carbonyl (C=O) groups excluding carboxylic acids is 2. The lowest BCUT2D eigenvalue weighted by Gasteiger charge is -2.19. The average molecular weight is 497 g/mol. The van der Waals surface area contributed by atoms with Gasteiger partial charge in [-0.2, -0.15) is 0 Å². The van der Waals surface area contributed by atoms with E-state index < -0.39 is 0 Å². The SMILES string of the molecule is CCCCCCCN1C(=O)C(=C2SC(=S)N(c3cc(OC)ccc3OC)C2=O)c2ccccc21. The van der Waals surface area contributed by atoms with Gasteiger partial charge in [0.15, 0.2) is 4.32 Å². The summed E-state index contributed by atoms with van der Waals surface area (Å²) < 4.78 is 11.2. The summed E-state index contributed by atoms with van der Waals surface area (Å²) in [4.78, 5) is 30.8. The lowest BCUT2D eigenvalue weighted by molar-refractivity contribution is -0.115. The van der Waals surface area contributed by atoms with Gasteiger partial charge in [0.1, 0.15) is 11.5 Å². The Morgan fingerprint density at radius 1 is 0.912 bits per heavy atom. The van der Waals surface area contributed by atoms with Crippen LogP contribution in [0.2, 0.25) is 0 Å². The Morgan fingerprint density at radius 2 is 1.68 bits per heavy atom. The maximum Gasteiger partial charge on any atom is 0.271 e. The Kier molecular flexibility index (Phi) is 7.58. The second kappa shape index (κ2) is 10.6. The number of methoxy groups -OCH3 is 2. The van der Waals surface area contributed by atoms with Crippen LogP contribution in [-0.2, 0) is 9.59 Å². The van der Waals surface area contributed by atoms with Crippen LogP contribution in [0.15, 0.2) is 47.4 Å². The summed E-state index contributed by atoms with van der Waals surface area (Å²) in [5.74, 6) is 0.601. The third-order valence-electron chi connectivity index (χ3n) is 6.03. The fraction of sp³-hybridized carbons (Fsp3) is 0.346. The molecule has 0 radical (unpaired) electrons. The van der Waals surface area contributed by atoms with Crippen LogP contribution < -0.4 is 19.3 Å². The zero-order chi connectivity index (χ0) is 24.2. The van der Waals surface area contributed by atoms with E-state index in [1.807, 2.05) is 24.3 Å². The molecule has 0 atom stereocenters. The first-order valence-corrected chi connectivity index (χ1v) is 12.7. The van der Waals surface area contributed by atoms with Crippen LogP contribution in [0.25, 0.3) is 5.57 Å². The monoisotopic (exact) mass is 496 g/mol. The van der Waals surface area contributed by atoms with Crippen molar-refractivity contribution in [3.05, 3.63) is 52.9 Å². The minimum atomic E-state index is -0.329. The number of benzene rings is 2. The van der Waals surface area contributed by atoms with Gasteiger partial charge >= 0.3 is 0 Å². The summed E-state index contributed by atoms with van der Waals surface area (Å²) in [6.07, 6.45) is 5.54. The van der Waals surface area contributed by atoms with Gasteiger partial charge < -0.3 is 14.4 Å². The highest BCUT2D eigenvalue weighted by Gasteiger charge is 2.43. The molecule has 0 saturated carbocycles. The van der Waals surface area contributed by atoms with E-state index in [4.69, 9.17) is 21.7 Å². The van der Waals surface area contributed by atoms with Crippen LogP contribution in [0.5, 0.6) is 11.5 Å². The van der Waals surface area contributed by atoms with Gasteiger partial charge in [-0.3, -0.25) is 14.5 Å². The number of hydrogen-bond donors (Lipinski definition) is 0. The molecule has 6 nitrogen and oxygen atoms in total. The standard InChI is InChI=1S/C26H28N2O4S2/c1-4-5-6-7-10-15-27-19-12-9-8-11-18(19)22(24(27)29)23-25(30)28(26(33)34-23)20-16-17(31-2)13-14-21(20)32-3/h8-9,11-14,16H,4-7,10,15H2,1-3H3. The molecule has 4 rings (SSSR count). The molecule has 0 aromatic heterocycles. The van der Waals surface area contributed by atoms with Crippen molar-refractivity contribution in [2.45, 2.75) is 39.0 Å². The Bertz CT molecular complexity index is 1160. The molecule has 0 aliphatic carbocycles. The second-order valence-corrected chi connectivity index (χ2v) is 9.78. The lowest BCUT2D eigenvalue weighted by Crippen LogP contribution is -2.30. The van der Waals surface area contributed by atoms with Crippen molar-refractivity contribution in [1.82, 2.24) is 0 Å². The van der Waals surface area contributed by atoms with Crippen LogP contribution in [0.3, 0.4) is 0 Å². The number of amides is 2. The first kappa shape index (κ1) is 24.3. The van der Waals surface area contributed by atoms with Crippen molar-refractivity contribution in [3.8, 4) is 11.5 Å². The number of thioether (sulfide) groups is 1. The van der Waals surface area contributed by atoms with E-state index in [0.717, 1.165) is 42.3 Å². The third kappa shape index (κ3) is 4.44. The molecule has 2 aliphatic rings. The zero-order valence-corrected chi connectivity index (χ0v) is 21.3. The largest absolute Gasteiger partial charge is 0.497 e. The van der Waals surface area contributed by atoms with Gasteiger partial charge in [-0.05, 0) is 24.6 Å². The lowest BCUT2D eigenvalue weighted by atomic mass is 10.1. The molecule has 0 N–H and O–H groups in total. The maximum atomic E-state index is 13.7. The Morgan fingerprint density at radius 3 is 2.41 bits per heavy atom. The van der Waals surface area contributed by atoms with E-state index in [9.17, 15) is 9.59 Å². The van der Waals surface area contributed by atoms with Gasteiger partial charge in [0.05, 0.1) is 36.1 Å². The van der Waals surface area contributed by atoms with E-state index >= 15 is 0 Å². The van der Waals surface area contributed by atoms with Crippen molar-refractivity contribution < 1.29 is 19.1 Å². The number of unbranched alkanes of at least 4 members (excludes halogenated alkanes) is 4. The van der Waals surface area contributed by atoms with Crippen molar-refractivity contribution in [2.75, 3.05) is 30.6 Å². The van der Waals surface area contributed by atoms with Gasteiger partial charge in [0, 0.05) is 18.2 Å². The van der Waals surface area contributed by atoms with Gasteiger partial charge in [-0.15, -0.1) is 0 Å². The van der Waals surface area contributed by atoms with Crippen LogP contribution in [-0.4, -0.2) is 36.9 Å². The first-order chi connectivity index (χ1) is 16.5. The fourth-order valence-corrected chi connectivity index (χ4v) is 5.65. The van der Waals surface area contributed by atoms with E-state index in [0.29, 0.717) is 38.5 Å². The summed E-state index contributed by atoms with van der Waals surface area (Å²) in [6.45, 7) is 2.82. The van der Waals surface area contributed by atoms with Crippen molar-refractivity contribution >= 4 is 57.1 Å². The molecule has 34 heavy (non-hydrogen) atoms. The van der Waals surface area contributed by atoms with Gasteiger partial charge in [-0.1, -0.05) is 74.8 Å². The Labute approximate surface area is 209 Å². The summed E-state index contributed by atoms with van der Waals surface area (Å²) in [5, 5.41) is 0. The Balaban J connectivity index is 1.69. The Hall–Kier alpha value is -2.84. The minimum absolute atomic E-state index is 0.144. The number of fused-ring (bicyclic) bond motifs is 1. The maximum absolute atomic E-state index is 13.7. The molecule has 1 saturated heterocycles. The van der Waals surface area contributed by atoms with E-state index in [-0.39, 0.29) is 11.8 Å². The van der Waals surface area contributed by atoms with Crippen molar-refractivity contribution in [3.63, 3.8) is 0 Å². The second-order valence-electron chi connectivity index (χ2n) is 8.14. The summed E-state index contributed by atoms with van der Waals surface area (Å²) in [5.41, 5.74) is 2.54. The predicted octanol–water partition coefficient (Wildman–Crippen LogP) is 5.80. The number of anilines is 2. The summed E-state index contributed by atoms with van der Waals surface area (Å²) in [6, 6.07) is 12.9. The quantitative estimate of drug-likeness (QED) is 0.249. The molecule has 2 heterocycles. The number of ether oxygens (including phenoxy) is 2. The predicted molar refractivity (Wildman–Crippen MR) is 142 cm³/mol. The molecule has 8 heteroatoms. The number of rotatable bonds is 9. The van der Waals surface area contributed by atoms with Crippen LogP contribution in [0, 0.1) is 0 Å². The minimum Gasteiger partial charge on any atom is -0.497 e. The first-order valence-electron chi connectivity index (χ1n) is 11.5. The van der Waals surface area contributed by atoms with Crippen molar-refractivity contribution in [1.29, 1.82) is 0 Å². The molecule has 1 fully saturated rings. The molecular formula is C26H28N2O4S2. The molecule has 2 aromatic carbocycles. The third-order valence-corrected chi connectivity index (χ3v) is 7.40. The normalized spacial score (nSPS) is 17.6. The molecular weight excluding hydrogens is 468 g/mol. The van der Waals surface area contributed by atoms with E-state index in [1.165, 1.54) is 24.9 Å². The molecule has 0 bridgehead atoms. The highest BCUT2D eigenvalue weighted by atomic mass is 32.2. The molecule has 178 valence electrons. The van der Waals surface area contributed by atoms with Crippen molar-refractivity contribution in [2.24, 2.45) is 0 Å². The number of carbonyl (C=O) groups is 2. The number of para-hydroxylation sites is 1. The molecule has 0 unspecified atom stereocenters. The smallest absolute Gasteiger partial charge is 0.271 e. The fourth-order valence-electron chi connectivity index (χ4n) is 4.29. The van der Waals surface area contributed by atoms with Crippen LogP contribution in [0.1, 0.15) is 44.6 Å². The van der Waals surface area contributed by atoms with E-state index in [1.54, 1.807) is 30.2 Å². The van der Waals surface area contributed by atoms with Gasteiger partial charge in [0.25, 0.3) is 11.8 Å². The average Bonchev–Trinajstić information content (AvgIpc) is 3.29. The highest BCUT2D eigenvalue weighted by Crippen LogP contribution is 2.47. The van der Waals surface area contributed by atoms with Crippen LogP contribution in [0.4, 0.5) is 11.4 Å². The number of thiocarbonyl (C=S) groups is 1. The van der Waals surface area contributed by atoms with E-state index in [2.05, 4.69) is 6.92 Å². The molecule has 0 spiro atoms. The highest BCUT2D eigenvalue weighted by molar-refractivity contribution is 8.27. The number of nitrogens with zero attached hydrogens (tertiary/aromatic N) is 2. The zero-order valence-electron chi connectivity index (χ0n) is 19.6. The van der Waals surface area contributed by atoms with Gasteiger partial charge in [-0.25, -0.2) is 0 Å². The van der Waals surface area contributed by atoms with Gasteiger partial charge in [0.2, 0.25) is 0 Å². The molecule has 2 amide bonds. The molecule has 2 aromatic rings. The summed E-state index contributed by atoms with van der Waals surface area (Å²) in [7, 11) is 3.10. The topological polar surface area (TPSA) is 59.1 Å². The van der Waals surface area contributed by atoms with Crippen LogP contribution >= 0.6 is 24.0 Å². The molecule has 2 aliphatic heterocycles. The summed E-state index contributed by atoms with van der Waals surface area (Å²) >= 11 is 6.74.